The van der Waals surface area contributed by atoms with Crippen LogP contribution in [-0.2, 0) is 0 Å². The quantitative estimate of drug-likeness (QED) is 0.420. The lowest BCUT2D eigenvalue weighted by Crippen LogP contribution is -2.12. The molecular formula is C16H15ClN4OS. The highest BCUT2D eigenvalue weighted by Crippen LogP contribution is 2.24. The van der Waals surface area contributed by atoms with Gasteiger partial charge < -0.3 is 10.6 Å². The summed E-state index contributed by atoms with van der Waals surface area (Å²) in [6, 6.07) is 17.1. The van der Waals surface area contributed by atoms with E-state index in [1.165, 1.54) is 16.4 Å². The number of nitrogens with zero attached hydrogens (tertiary/aromatic N) is 3. The van der Waals surface area contributed by atoms with Crippen LogP contribution in [0.5, 0.6) is 5.75 Å². The van der Waals surface area contributed by atoms with Crippen molar-refractivity contribution in [3.05, 3.63) is 59.6 Å². The van der Waals surface area contributed by atoms with Gasteiger partial charge in [0, 0.05) is 11.3 Å². The van der Waals surface area contributed by atoms with E-state index >= 15 is 0 Å². The molecule has 0 aliphatic rings. The minimum absolute atomic E-state index is 0.502. The lowest BCUT2D eigenvalue weighted by molar-refractivity contribution is 0.344. The first-order chi connectivity index (χ1) is 11.3. The van der Waals surface area contributed by atoms with Gasteiger partial charge in [0.25, 0.3) is 0 Å². The second-order valence-electron chi connectivity index (χ2n) is 4.67. The molecule has 0 bridgehead atoms. The summed E-state index contributed by atoms with van der Waals surface area (Å²) < 4.78 is 7.13. The zero-order chi connectivity index (χ0) is 16.1. The monoisotopic (exact) mass is 346 g/mol. The molecule has 1 heterocycles. The Bertz CT molecular complexity index is 779. The van der Waals surface area contributed by atoms with E-state index in [9.17, 15) is 0 Å². The third kappa shape index (κ3) is 3.78. The molecule has 1 aromatic heterocycles. The highest BCUT2D eigenvalue weighted by molar-refractivity contribution is 7.99. The van der Waals surface area contributed by atoms with Gasteiger partial charge in [-0.2, -0.15) is 0 Å². The van der Waals surface area contributed by atoms with Gasteiger partial charge in [0.2, 0.25) is 5.16 Å². The fourth-order valence-electron chi connectivity index (χ4n) is 2.01. The Kier molecular flexibility index (Phi) is 5.05. The van der Waals surface area contributed by atoms with Crippen LogP contribution in [0.2, 0.25) is 5.02 Å². The summed E-state index contributed by atoms with van der Waals surface area (Å²) in [6.07, 6.45) is 0. The molecule has 5 nitrogen and oxygen atoms in total. The van der Waals surface area contributed by atoms with Gasteiger partial charge in [-0.15, -0.1) is 10.2 Å². The molecule has 0 unspecified atom stereocenters. The number of hydrogen-bond acceptors (Lipinski definition) is 5. The first kappa shape index (κ1) is 15.7. The zero-order valence-corrected chi connectivity index (χ0v) is 13.8. The van der Waals surface area contributed by atoms with E-state index in [1.807, 2.05) is 48.5 Å². The number of hydrogen-bond donors (Lipinski definition) is 1. The maximum atomic E-state index is 6.06. The molecule has 118 valence electrons. The van der Waals surface area contributed by atoms with Gasteiger partial charge >= 0.3 is 0 Å². The fraction of sp³-hybridized carbons (Fsp3) is 0.125. The average molecular weight is 347 g/mol. The van der Waals surface area contributed by atoms with Crippen LogP contribution in [0.25, 0.3) is 11.4 Å². The number of ether oxygens (including phenoxy) is 1. The van der Waals surface area contributed by atoms with Crippen LogP contribution in [0.1, 0.15) is 0 Å². The van der Waals surface area contributed by atoms with Gasteiger partial charge in [-0.1, -0.05) is 65.8 Å². The van der Waals surface area contributed by atoms with E-state index in [0.717, 1.165) is 5.56 Å². The smallest absolute Gasteiger partial charge is 0.210 e. The average Bonchev–Trinajstić information content (AvgIpc) is 2.95. The number of nitrogen functional groups attached to an aromatic ring is 1. The second-order valence-corrected chi connectivity index (χ2v) is 6.14. The third-order valence-corrected chi connectivity index (χ3v) is 4.32. The molecule has 0 atom stereocenters. The predicted molar refractivity (Wildman–Crippen MR) is 93.3 cm³/mol. The van der Waals surface area contributed by atoms with Crippen molar-refractivity contribution in [1.29, 1.82) is 0 Å². The number of halogens is 1. The van der Waals surface area contributed by atoms with Gasteiger partial charge in [-0.3, -0.25) is 0 Å². The first-order valence-corrected chi connectivity index (χ1v) is 8.38. The van der Waals surface area contributed by atoms with Gasteiger partial charge in [0.1, 0.15) is 5.75 Å². The normalized spacial score (nSPS) is 10.7. The Labute approximate surface area is 143 Å². The molecule has 0 radical (unpaired) electrons. The van der Waals surface area contributed by atoms with Crippen LogP contribution >= 0.6 is 23.4 Å². The van der Waals surface area contributed by atoms with E-state index in [-0.39, 0.29) is 0 Å². The largest absolute Gasteiger partial charge is 0.491 e. The first-order valence-electron chi connectivity index (χ1n) is 7.02. The van der Waals surface area contributed by atoms with Gasteiger partial charge in [-0.05, 0) is 12.1 Å². The number of thioether (sulfide) groups is 1. The standard InChI is InChI=1S/C16H15ClN4OS/c17-13-8-4-5-9-14(13)22-10-11-23-16-20-19-15(21(16)18)12-6-2-1-3-7-12/h1-9H,10-11,18H2. The number of para-hydroxylation sites is 1. The van der Waals surface area contributed by atoms with Crippen LogP contribution < -0.4 is 10.6 Å². The summed E-state index contributed by atoms with van der Waals surface area (Å²) in [5.74, 6) is 8.07. The maximum Gasteiger partial charge on any atom is 0.210 e. The lowest BCUT2D eigenvalue weighted by Gasteiger charge is -2.07. The number of benzene rings is 2. The summed E-state index contributed by atoms with van der Waals surface area (Å²) in [5.41, 5.74) is 0.932. The molecule has 2 N–H and O–H groups in total. The summed E-state index contributed by atoms with van der Waals surface area (Å²) >= 11 is 7.52. The molecule has 3 rings (SSSR count). The van der Waals surface area contributed by atoms with Crippen molar-refractivity contribution in [2.24, 2.45) is 0 Å². The molecule has 23 heavy (non-hydrogen) atoms. The van der Waals surface area contributed by atoms with Gasteiger partial charge in [0.05, 0.1) is 11.6 Å². The van der Waals surface area contributed by atoms with E-state index in [4.69, 9.17) is 22.2 Å². The third-order valence-electron chi connectivity index (χ3n) is 3.11. The molecule has 0 aliphatic heterocycles. The van der Waals surface area contributed by atoms with Gasteiger partial charge in [0.15, 0.2) is 5.82 Å². The molecular weight excluding hydrogens is 332 g/mol. The molecule has 0 amide bonds. The van der Waals surface area contributed by atoms with Crippen molar-refractivity contribution in [2.75, 3.05) is 18.2 Å². The highest BCUT2D eigenvalue weighted by atomic mass is 35.5. The summed E-state index contributed by atoms with van der Waals surface area (Å²) in [4.78, 5) is 0. The van der Waals surface area contributed by atoms with Crippen molar-refractivity contribution < 1.29 is 4.74 Å². The van der Waals surface area contributed by atoms with Crippen molar-refractivity contribution in [1.82, 2.24) is 14.9 Å². The molecule has 2 aromatic carbocycles. The fourth-order valence-corrected chi connectivity index (χ4v) is 2.87. The number of aromatic nitrogens is 3. The molecule has 0 aliphatic carbocycles. The van der Waals surface area contributed by atoms with Crippen molar-refractivity contribution in [2.45, 2.75) is 5.16 Å². The van der Waals surface area contributed by atoms with Gasteiger partial charge in [-0.25, -0.2) is 4.68 Å². The molecule has 3 aromatic rings. The highest BCUT2D eigenvalue weighted by Gasteiger charge is 2.11. The molecule has 0 fully saturated rings. The molecule has 0 spiro atoms. The van der Waals surface area contributed by atoms with Crippen molar-refractivity contribution >= 4 is 23.4 Å². The maximum absolute atomic E-state index is 6.06. The topological polar surface area (TPSA) is 66.0 Å². The van der Waals surface area contributed by atoms with Crippen molar-refractivity contribution in [3.63, 3.8) is 0 Å². The SMILES string of the molecule is Nn1c(SCCOc2ccccc2Cl)nnc1-c1ccccc1. The Hall–Kier alpha value is -2.18. The summed E-state index contributed by atoms with van der Waals surface area (Å²) in [7, 11) is 0. The van der Waals surface area contributed by atoms with Crippen LogP contribution in [0.4, 0.5) is 0 Å². The summed E-state index contributed by atoms with van der Waals surface area (Å²) in [6.45, 7) is 0.502. The summed E-state index contributed by atoms with van der Waals surface area (Å²) in [5, 5.41) is 9.51. The molecule has 0 saturated carbocycles. The lowest BCUT2D eigenvalue weighted by atomic mass is 10.2. The van der Waals surface area contributed by atoms with Crippen LogP contribution in [-0.4, -0.2) is 27.2 Å². The predicted octanol–water partition coefficient (Wildman–Crippen LogP) is 3.48. The minimum atomic E-state index is 0.502. The Balaban J connectivity index is 1.57. The number of rotatable bonds is 6. The molecule has 0 saturated heterocycles. The van der Waals surface area contributed by atoms with E-state index in [1.54, 1.807) is 6.07 Å². The van der Waals surface area contributed by atoms with E-state index < -0.39 is 0 Å². The van der Waals surface area contributed by atoms with Crippen LogP contribution in [0.15, 0.2) is 59.8 Å². The minimum Gasteiger partial charge on any atom is -0.491 e. The van der Waals surface area contributed by atoms with Crippen LogP contribution in [0, 0.1) is 0 Å². The van der Waals surface area contributed by atoms with E-state index in [2.05, 4.69) is 10.2 Å². The number of nitrogens with two attached hydrogens (primary N) is 1. The second kappa shape index (κ2) is 7.39. The van der Waals surface area contributed by atoms with E-state index in [0.29, 0.717) is 34.1 Å². The zero-order valence-electron chi connectivity index (χ0n) is 12.2. The Morgan fingerprint density at radius 1 is 1.04 bits per heavy atom. The van der Waals surface area contributed by atoms with Crippen LogP contribution in [0.3, 0.4) is 0 Å². The van der Waals surface area contributed by atoms with Crippen molar-refractivity contribution in [3.8, 4) is 17.1 Å². The molecule has 7 heteroatoms. The Morgan fingerprint density at radius 3 is 2.57 bits per heavy atom. The Morgan fingerprint density at radius 2 is 1.78 bits per heavy atom.